The molecule has 1 aromatic rings. The molecule has 0 amide bonds. The molecule has 2 heteroatoms. The zero-order valence-electron chi connectivity index (χ0n) is 19.7. The van der Waals surface area contributed by atoms with Crippen LogP contribution in [0.1, 0.15) is 136 Å². The van der Waals surface area contributed by atoms with Crippen LogP contribution in [0.25, 0.3) is 0 Å². The van der Waals surface area contributed by atoms with Gasteiger partial charge in [0.1, 0.15) is 12.4 Å². The number of unbranched alkanes of at least 4 members (excludes halogenated alkanes) is 14. The van der Waals surface area contributed by atoms with Gasteiger partial charge in [-0.2, -0.15) is 0 Å². The summed E-state index contributed by atoms with van der Waals surface area (Å²) in [5.74, 6) is 1.60. The van der Waals surface area contributed by atoms with Gasteiger partial charge in [0.2, 0.25) is 0 Å². The summed E-state index contributed by atoms with van der Waals surface area (Å²) in [6, 6.07) is 0. The highest BCUT2D eigenvalue weighted by Gasteiger charge is 2.16. The molecule has 1 heterocycles. The fraction of sp³-hybridized carbons (Fsp3) is 0.885. The lowest BCUT2D eigenvalue weighted by Gasteiger charge is -2.07. The molecule has 0 spiro atoms. The quantitative estimate of drug-likeness (QED) is 0.157. The topological polar surface area (TPSA) is 8.81 Å². The summed E-state index contributed by atoms with van der Waals surface area (Å²) < 4.78 is 5.16. The maximum absolute atomic E-state index is 2.58. The summed E-state index contributed by atoms with van der Waals surface area (Å²) in [7, 11) is 0. The Morgan fingerprint density at radius 3 is 1.71 bits per heavy atom. The Balaban J connectivity index is 2.44. The molecule has 0 aliphatic rings. The van der Waals surface area contributed by atoms with Crippen LogP contribution in [0.4, 0.5) is 0 Å². The van der Waals surface area contributed by atoms with Gasteiger partial charge in [-0.05, 0) is 32.1 Å². The summed E-state index contributed by atoms with van der Waals surface area (Å²) in [6.07, 6.45) is 29.6. The van der Waals surface area contributed by atoms with E-state index in [4.69, 9.17) is 0 Å². The van der Waals surface area contributed by atoms with E-state index in [1.807, 2.05) is 0 Å². The van der Waals surface area contributed by atoms with Crippen molar-refractivity contribution in [1.82, 2.24) is 4.57 Å². The highest BCUT2D eigenvalue weighted by atomic mass is 15.1. The molecular weight excluding hydrogens is 340 g/mol. The van der Waals surface area contributed by atoms with E-state index < -0.39 is 0 Å². The first-order chi connectivity index (χ1) is 13.8. The van der Waals surface area contributed by atoms with E-state index in [-0.39, 0.29) is 0 Å². The zero-order chi connectivity index (χ0) is 20.3. The first-order valence-electron chi connectivity index (χ1n) is 12.9. The maximum Gasteiger partial charge on any atom is 0.256 e. The largest absolute Gasteiger partial charge is 0.256 e. The predicted molar refractivity (Wildman–Crippen MR) is 124 cm³/mol. The smallest absolute Gasteiger partial charge is 0.234 e. The van der Waals surface area contributed by atoms with E-state index >= 15 is 0 Å². The van der Waals surface area contributed by atoms with E-state index in [2.05, 4.69) is 42.3 Å². The number of hydrogen-bond acceptors (Lipinski definition) is 0. The van der Waals surface area contributed by atoms with Crippen molar-refractivity contribution in [1.29, 1.82) is 0 Å². The van der Waals surface area contributed by atoms with Crippen molar-refractivity contribution in [2.24, 2.45) is 0 Å². The Kier molecular flexibility index (Phi) is 16.5. The second-order valence-corrected chi connectivity index (χ2v) is 8.80. The predicted octanol–water partition coefficient (Wildman–Crippen LogP) is 8.01. The molecular formula is C26H51N2+. The second-order valence-electron chi connectivity index (χ2n) is 8.80. The lowest BCUT2D eigenvalue weighted by atomic mass is 10.1. The van der Waals surface area contributed by atoms with Crippen LogP contribution in [-0.4, -0.2) is 4.57 Å². The molecule has 1 rings (SSSR count). The second kappa shape index (κ2) is 18.3. The molecule has 0 aromatic carbocycles. The number of rotatable bonds is 20. The first-order valence-corrected chi connectivity index (χ1v) is 12.9. The molecule has 0 aliphatic carbocycles. The number of aryl methyl sites for hydroxylation is 2. The van der Waals surface area contributed by atoms with Crippen LogP contribution >= 0.6 is 0 Å². The van der Waals surface area contributed by atoms with Gasteiger partial charge in [0.05, 0.1) is 13.1 Å². The fourth-order valence-electron chi connectivity index (χ4n) is 4.20. The monoisotopic (exact) mass is 391 g/mol. The fourth-order valence-corrected chi connectivity index (χ4v) is 4.20. The molecule has 0 bridgehead atoms. The van der Waals surface area contributed by atoms with E-state index in [1.165, 1.54) is 129 Å². The molecule has 0 radical (unpaired) electrons. The van der Waals surface area contributed by atoms with Gasteiger partial charge in [0.25, 0.3) is 5.82 Å². The van der Waals surface area contributed by atoms with E-state index in [0.717, 1.165) is 0 Å². The average molecular weight is 392 g/mol. The van der Waals surface area contributed by atoms with Crippen molar-refractivity contribution in [2.75, 3.05) is 0 Å². The average Bonchev–Trinajstić information content (AvgIpc) is 3.09. The molecule has 1 aromatic heterocycles. The molecule has 0 unspecified atom stereocenters. The third-order valence-electron chi connectivity index (χ3n) is 6.10. The summed E-state index contributed by atoms with van der Waals surface area (Å²) in [6.45, 7) is 9.35. The first kappa shape index (κ1) is 25.2. The normalized spacial score (nSPS) is 11.4. The van der Waals surface area contributed by atoms with E-state index in [9.17, 15) is 0 Å². The van der Waals surface area contributed by atoms with Crippen molar-refractivity contribution < 1.29 is 4.57 Å². The molecule has 2 nitrogen and oxygen atoms in total. The Labute approximate surface area is 177 Å². The van der Waals surface area contributed by atoms with Crippen molar-refractivity contribution in [3.8, 4) is 0 Å². The minimum Gasteiger partial charge on any atom is -0.234 e. The maximum atomic E-state index is 2.58. The Hall–Kier alpha value is -0.790. The highest BCUT2D eigenvalue weighted by molar-refractivity contribution is 4.84. The van der Waals surface area contributed by atoms with Crippen LogP contribution in [0.15, 0.2) is 12.4 Å². The molecule has 0 saturated heterocycles. The summed E-state index contributed by atoms with van der Waals surface area (Å²) in [4.78, 5) is 0. The summed E-state index contributed by atoms with van der Waals surface area (Å²) in [5.41, 5.74) is 0. The van der Waals surface area contributed by atoms with Gasteiger partial charge >= 0.3 is 0 Å². The van der Waals surface area contributed by atoms with Crippen LogP contribution in [0.2, 0.25) is 0 Å². The van der Waals surface area contributed by atoms with Gasteiger partial charge < -0.3 is 0 Å². The SMILES string of the molecule is CCCCCCCCn1cc[n+](CCCCCCCC)c1CCCCCCC. The summed E-state index contributed by atoms with van der Waals surface area (Å²) >= 11 is 0. The number of aromatic nitrogens is 2. The molecule has 0 saturated carbocycles. The Bertz CT molecular complexity index is 416. The minimum absolute atomic E-state index is 1.22. The lowest BCUT2D eigenvalue weighted by molar-refractivity contribution is -0.704. The molecule has 164 valence electrons. The van der Waals surface area contributed by atoms with Gasteiger partial charge in [-0.25, -0.2) is 9.13 Å². The van der Waals surface area contributed by atoms with Crippen LogP contribution in [0, 0.1) is 0 Å². The molecule has 0 fully saturated rings. The van der Waals surface area contributed by atoms with Gasteiger partial charge in [-0.3, -0.25) is 0 Å². The van der Waals surface area contributed by atoms with Crippen molar-refractivity contribution in [2.45, 2.75) is 149 Å². The summed E-state index contributed by atoms with van der Waals surface area (Å²) in [5, 5.41) is 0. The van der Waals surface area contributed by atoms with Gasteiger partial charge in [0.15, 0.2) is 0 Å². The van der Waals surface area contributed by atoms with Crippen LogP contribution in [0.3, 0.4) is 0 Å². The van der Waals surface area contributed by atoms with Crippen molar-refractivity contribution in [3.05, 3.63) is 18.2 Å². The Morgan fingerprint density at radius 2 is 1.11 bits per heavy atom. The minimum atomic E-state index is 1.22. The van der Waals surface area contributed by atoms with Crippen molar-refractivity contribution in [3.63, 3.8) is 0 Å². The third kappa shape index (κ3) is 11.9. The van der Waals surface area contributed by atoms with Crippen LogP contribution in [-0.2, 0) is 19.5 Å². The van der Waals surface area contributed by atoms with E-state index in [0.29, 0.717) is 0 Å². The number of nitrogens with zero attached hydrogens (tertiary/aromatic N) is 2. The highest BCUT2D eigenvalue weighted by Crippen LogP contribution is 2.11. The third-order valence-corrected chi connectivity index (χ3v) is 6.10. The van der Waals surface area contributed by atoms with Gasteiger partial charge in [0, 0.05) is 6.42 Å². The molecule has 0 atom stereocenters. The zero-order valence-corrected chi connectivity index (χ0v) is 19.7. The molecule has 0 N–H and O–H groups in total. The van der Waals surface area contributed by atoms with Gasteiger partial charge in [-0.15, -0.1) is 0 Å². The van der Waals surface area contributed by atoms with E-state index in [1.54, 1.807) is 5.82 Å². The molecule has 28 heavy (non-hydrogen) atoms. The Morgan fingerprint density at radius 1 is 0.607 bits per heavy atom. The van der Waals surface area contributed by atoms with Gasteiger partial charge in [-0.1, -0.05) is 97.8 Å². The number of hydrogen-bond donors (Lipinski definition) is 0. The number of imidazole rings is 1. The lowest BCUT2D eigenvalue weighted by Crippen LogP contribution is -2.37. The molecule has 0 aliphatic heterocycles. The van der Waals surface area contributed by atoms with Crippen LogP contribution in [0.5, 0.6) is 0 Å². The standard InChI is InChI=1S/C26H51N2/c1-4-7-10-13-16-19-22-27-24-25-28(23-20-17-14-11-8-5-2)26(27)21-18-15-12-9-6-3/h24-25H,4-23H2,1-3H3/q+1. The van der Waals surface area contributed by atoms with Crippen molar-refractivity contribution >= 4 is 0 Å². The van der Waals surface area contributed by atoms with Crippen LogP contribution < -0.4 is 4.57 Å².